The summed E-state index contributed by atoms with van der Waals surface area (Å²) in [7, 11) is -3.71. The number of thioether (sulfide) groups is 1. The summed E-state index contributed by atoms with van der Waals surface area (Å²) in [6, 6.07) is 10.9. The Hall–Kier alpha value is -2.11. The van der Waals surface area contributed by atoms with Crippen LogP contribution < -0.4 is 5.32 Å². The van der Waals surface area contributed by atoms with Gasteiger partial charge in [0.1, 0.15) is 0 Å². The summed E-state index contributed by atoms with van der Waals surface area (Å²) in [4.78, 5) is 25.9. The number of hydrogen-bond acceptors (Lipinski definition) is 7. The molecule has 1 saturated heterocycles. The van der Waals surface area contributed by atoms with Crippen molar-refractivity contribution < 1.29 is 27.5 Å². The van der Waals surface area contributed by atoms with Gasteiger partial charge >= 0.3 is 5.97 Å². The van der Waals surface area contributed by atoms with Crippen LogP contribution in [0.2, 0.25) is 5.02 Å². The van der Waals surface area contributed by atoms with Crippen LogP contribution in [0.5, 0.6) is 0 Å². The summed E-state index contributed by atoms with van der Waals surface area (Å²) < 4.78 is 37.4. The van der Waals surface area contributed by atoms with Gasteiger partial charge in [0.15, 0.2) is 6.10 Å². The van der Waals surface area contributed by atoms with Crippen molar-refractivity contribution in [3.05, 3.63) is 53.1 Å². The molecule has 1 amide bonds. The van der Waals surface area contributed by atoms with Gasteiger partial charge in [-0.05, 0) is 49.6 Å². The number of rotatable bonds is 7. The lowest BCUT2D eigenvalue weighted by molar-refractivity contribution is -0.123. The van der Waals surface area contributed by atoms with Crippen LogP contribution in [0.1, 0.15) is 17.3 Å². The van der Waals surface area contributed by atoms with Gasteiger partial charge in [0.25, 0.3) is 5.91 Å². The summed E-state index contributed by atoms with van der Waals surface area (Å²) in [5, 5.41) is 2.81. The number of morpholine rings is 1. The molecule has 3 rings (SSSR count). The smallest absolute Gasteiger partial charge is 0.340 e. The number of sulfonamides is 1. The molecule has 0 spiro atoms. The van der Waals surface area contributed by atoms with Crippen molar-refractivity contribution in [3.8, 4) is 0 Å². The molecule has 11 heteroatoms. The minimum atomic E-state index is -3.71. The molecule has 2 aromatic rings. The van der Waals surface area contributed by atoms with Gasteiger partial charge < -0.3 is 14.8 Å². The molecule has 1 aliphatic heterocycles. The second-order valence-electron chi connectivity index (χ2n) is 6.93. The fourth-order valence-corrected chi connectivity index (χ4v) is 5.07. The third-order valence-electron chi connectivity index (χ3n) is 4.76. The van der Waals surface area contributed by atoms with E-state index in [-0.39, 0.29) is 34.3 Å². The summed E-state index contributed by atoms with van der Waals surface area (Å²) in [6.07, 6.45) is 0.734. The number of amides is 1. The van der Waals surface area contributed by atoms with Crippen molar-refractivity contribution in [2.75, 3.05) is 37.9 Å². The molecule has 1 unspecified atom stereocenters. The van der Waals surface area contributed by atoms with Crippen molar-refractivity contribution in [2.45, 2.75) is 22.8 Å². The van der Waals surface area contributed by atoms with Crippen LogP contribution in [0.3, 0.4) is 0 Å². The highest BCUT2D eigenvalue weighted by Crippen LogP contribution is 2.24. The van der Waals surface area contributed by atoms with Gasteiger partial charge in [-0.2, -0.15) is 4.31 Å². The largest absolute Gasteiger partial charge is 0.449 e. The molecular formula is C21H23ClN2O6S2. The number of hydrogen-bond donors (Lipinski definition) is 1. The topological polar surface area (TPSA) is 102 Å². The molecule has 0 aliphatic carbocycles. The van der Waals surface area contributed by atoms with E-state index in [9.17, 15) is 18.0 Å². The SMILES string of the molecule is CSc1ccc(Cl)c(C(=O)OC(C)C(=O)Nc2cccc(S(=O)(=O)N3CCOCC3)c2)c1. The van der Waals surface area contributed by atoms with E-state index in [1.807, 2.05) is 6.26 Å². The molecule has 0 bridgehead atoms. The first-order valence-electron chi connectivity index (χ1n) is 9.75. The zero-order valence-corrected chi connectivity index (χ0v) is 19.9. The van der Waals surface area contributed by atoms with E-state index in [0.29, 0.717) is 13.2 Å². The molecule has 172 valence electrons. The number of nitrogens with one attached hydrogen (secondary N) is 1. The Morgan fingerprint density at radius 2 is 1.91 bits per heavy atom. The van der Waals surface area contributed by atoms with Crippen LogP contribution in [-0.2, 0) is 24.3 Å². The monoisotopic (exact) mass is 498 g/mol. The molecule has 1 atom stereocenters. The number of esters is 1. The van der Waals surface area contributed by atoms with E-state index in [2.05, 4.69) is 5.32 Å². The van der Waals surface area contributed by atoms with Crippen LogP contribution in [0.25, 0.3) is 0 Å². The predicted molar refractivity (Wildman–Crippen MR) is 123 cm³/mol. The maximum Gasteiger partial charge on any atom is 0.340 e. The van der Waals surface area contributed by atoms with Gasteiger partial charge in [0, 0.05) is 23.7 Å². The highest BCUT2D eigenvalue weighted by molar-refractivity contribution is 7.98. The Morgan fingerprint density at radius 1 is 1.19 bits per heavy atom. The molecule has 1 fully saturated rings. The van der Waals surface area contributed by atoms with Crippen LogP contribution in [0, 0.1) is 0 Å². The highest BCUT2D eigenvalue weighted by atomic mass is 35.5. The van der Waals surface area contributed by atoms with Gasteiger partial charge in [-0.1, -0.05) is 17.7 Å². The Morgan fingerprint density at radius 3 is 2.59 bits per heavy atom. The van der Waals surface area contributed by atoms with Crippen molar-refractivity contribution in [2.24, 2.45) is 0 Å². The molecule has 0 saturated carbocycles. The van der Waals surface area contributed by atoms with Crippen LogP contribution >= 0.6 is 23.4 Å². The molecule has 1 N–H and O–H groups in total. The van der Waals surface area contributed by atoms with Crippen molar-refractivity contribution >= 4 is 50.9 Å². The number of benzene rings is 2. The van der Waals surface area contributed by atoms with Crippen molar-refractivity contribution in [3.63, 3.8) is 0 Å². The first-order valence-corrected chi connectivity index (χ1v) is 12.8. The third-order valence-corrected chi connectivity index (χ3v) is 7.71. The molecule has 32 heavy (non-hydrogen) atoms. The molecule has 1 aliphatic rings. The lowest BCUT2D eigenvalue weighted by atomic mass is 10.2. The van der Waals surface area contributed by atoms with Crippen LogP contribution in [-0.4, -0.2) is 63.3 Å². The highest BCUT2D eigenvalue weighted by Gasteiger charge is 2.27. The van der Waals surface area contributed by atoms with Crippen molar-refractivity contribution in [1.29, 1.82) is 0 Å². The summed E-state index contributed by atoms with van der Waals surface area (Å²) in [5.41, 5.74) is 0.436. The second kappa shape index (κ2) is 10.7. The number of carbonyl (C=O) groups is 2. The van der Waals surface area contributed by atoms with E-state index < -0.39 is 28.0 Å². The molecule has 2 aromatic carbocycles. The first kappa shape index (κ1) is 24.5. The number of halogens is 1. The summed E-state index contributed by atoms with van der Waals surface area (Å²) in [6.45, 7) is 2.64. The molecule has 0 aromatic heterocycles. The number of carbonyl (C=O) groups excluding carboxylic acids is 2. The number of anilines is 1. The van der Waals surface area contributed by atoms with E-state index in [1.54, 1.807) is 24.3 Å². The molecule has 0 radical (unpaired) electrons. The van der Waals surface area contributed by atoms with Gasteiger partial charge in [0.2, 0.25) is 10.0 Å². The maximum atomic E-state index is 12.8. The predicted octanol–water partition coefficient (Wildman–Crippen LogP) is 3.27. The number of nitrogens with zero attached hydrogens (tertiary/aromatic N) is 1. The summed E-state index contributed by atoms with van der Waals surface area (Å²) >= 11 is 7.53. The summed E-state index contributed by atoms with van der Waals surface area (Å²) in [5.74, 6) is -1.33. The fourth-order valence-electron chi connectivity index (χ4n) is 2.98. The Bertz CT molecular complexity index is 1100. The van der Waals surface area contributed by atoms with Gasteiger partial charge in [-0.3, -0.25) is 4.79 Å². The van der Waals surface area contributed by atoms with E-state index in [1.165, 1.54) is 41.2 Å². The standard InChI is InChI=1S/C21H23ClN2O6S2/c1-14(30-21(26)18-13-16(31-2)6-7-19(18)22)20(25)23-15-4-3-5-17(12-15)32(27,28)24-8-10-29-11-9-24/h3-7,12-14H,8-11H2,1-2H3,(H,23,25). The molecule has 8 nitrogen and oxygen atoms in total. The van der Waals surface area contributed by atoms with E-state index >= 15 is 0 Å². The Labute approximate surface area is 196 Å². The van der Waals surface area contributed by atoms with E-state index in [4.69, 9.17) is 21.1 Å². The van der Waals surface area contributed by atoms with E-state index in [0.717, 1.165) is 4.90 Å². The zero-order valence-electron chi connectivity index (χ0n) is 17.5. The lowest BCUT2D eigenvalue weighted by Crippen LogP contribution is -2.40. The van der Waals surface area contributed by atoms with Gasteiger partial charge in [0.05, 0.1) is 28.7 Å². The second-order valence-corrected chi connectivity index (χ2v) is 10.2. The first-order chi connectivity index (χ1) is 15.2. The van der Waals surface area contributed by atoms with Crippen LogP contribution in [0.4, 0.5) is 5.69 Å². The average molecular weight is 499 g/mol. The normalized spacial score (nSPS) is 15.7. The minimum Gasteiger partial charge on any atom is -0.449 e. The third kappa shape index (κ3) is 5.81. The molecule has 1 heterocycles. The average Bonchev–Trinajstić information content (AvgIpc) is 2.80. The molecular weight excluding hydrogens is 476 g/mol. The Kier molecular flexibility index (Phi) is 8.18. The minimum absolute atomic E-state index is 0.0579. The Balaban J connectivity index is 1.68. The van der Waals surface area contributed by atoms with Gasteiger partial charge in [-0.25, -0.2) is 13.2 Å². The van der Waals surface area contributed by atoms with Crippen molar-refractivity contribution in [1.82, 2.24) is 4.31 Å². The lowest BCUT2D eigenvalue weighted by Gasteiger charge is -2.26. The maximum absolute atomic E-state index is 12.8. The van der Waals surface area contributed by atoms with Gasteiger partial charge in [-0.15, -0.1) is 11.8 Å². The van der Waals surface area contributed by atoms with Crippen LogP contribution in [0.15, 0.2) is 52.3 Å². The number of ether oxygens (including phenoxy) is 2. The fraction of sp³-hybridized carbons (Fsp3) is 0.333. The zero-order chi connectivity index (χ0) is 23.3. The quantitative estimate of drug-likeness (QED) is 0.461.